The number of amides is 2. The fraction of sp³-hybridized carbons (Fsp3) is 0.385. The number of nitrogens with zero attached hydrogens (tertiary/aromatic N) is 2. The molecule has 0 aromatic heterocycles. The van der Waals surface area contributed by atoms with E-state index in [1.165, 1.54) is 0 Å². The lowest BCUT2D eigenvalue weighted by atomic mass is 9.83. The minimum Gasteiger partial charge on any atom is -0.394 e. The number of aliphatic hydroxyl groups excluding tert-OH is 1. The summed E-state index contributed by atoms with van der Waals surface area (Å²) in [4.78, 5) is 29.5. The normalized spacial score (nSPS) is 23.4. The van der Waals surface area contributed by atoms with E-state index in [2.05, 4.69) is 22.6 Å². The van der Waals surface area contributed by atoms with Crippen molar-refractivity contribution < 1.29 is 19.8 Å². The van der Waals surface area contributed by atoms with Gasteiger partial charge in [-0.3, -0.25) is 9.59 Å². The van der Waals surface area contributed by atoms with E-state index < -0.39 is 11.5 Å². The molecule has 7 heteroatoms. The van der Waals surface area contributed by atoms with Crippen LogP contribution in [0.4, 0.5) is 5.69 Å². The van der Waals surface area contributed by atoms with E-state index in [-0.39, 0.29) is 30.9 Å². The van der Waals surface area contributed by atoms with Gasteiger partial charge < -0.3 is 20.0 Å². The van der Waals surface area contributed by atoms with Gasteiger partial charge in [0.1, 0.15) is 0 Å². The van der Waals surface area contributed by atoms with E-state index in [0.29, 0.717) is 24.3 Å². The Labute approximate surface area is 208 Å². The van der Waals surface area contributed by atoms with Crippen LogP contribution in [0.3, 0.4) is 0 Å². The molecule has 33 heavy (non-hydrogen) atoms. The molecule has 1 saturated heterocycles. The highest BCUT2D eigenvalue weighted by Gasteiger charge is 2.52. The highest BCUT2D eigenvalue weighted by Crippen LogP contribution is 2.45. The molecule has 4 rings (SSSR count). The molecular formula is C26H29IN2O4. The Morgan fingerprint density at radius 2 is 1.97 bits per heavy atom. The fourth-order valence-electron chi connectivity index (χ4n) is 4.81. The zero-order chi connectivity index (χ0) is 23.6. The molecule has 2 heterocycles. The summed E-state index contributed by atoms with van der Waals surface area (Å²) >= 11 is 2.24. The van der Waals surface area contributed by atoms with Crippen LogP contribution in [0.25, 0.3) is 0 Å². The first-order chi connectivity index (χ1) is 15.9. The van der Waals surface area contributed by atoms with Crippen LogP contribution in [0.2, 0.25) is 0 Å². The molecule has 2 aliphatic rings. The highest BCUT2D eigenvalue weighted by atomic mass is 127. The number of anilines is 1. The molecule has 174 valence electrons. The molecule has 0 aliphatic carbocycles. The first kappa shape index (κ1) is 23.9. The number of aliphatic hydroxyl groups is 2. The van der Waals surface area contributed by atoms with Crippen LogP contribution in [0, 0.1) is 9.49 Å². The van der Waals surface area contributed by atoms with Gasteiger partial charge in [-0.15, -0.1) is 0 Å². The molecule has 0 bridgehead atoms. The van der Waals surface area contributed by atoms with E-state index in [9.17, 15) is 19.8 Å². The third kappa shape index (κ3) is 4.58. The van der Waals surface area contributed by atoms with Crippen molar-refractivity contribution in [3.05, 3.63) is 75.4 Å². The molecule has 2 amide bonds. The van der Waals surface area contributed by atoms with E-state index in [4.69, 9.17) is 0 Å². The van der Waals surface area contributed by atoms with Crippen LogP contribution in [0.1, 0.15) is 37.3 Å². The molecule has 2 aromatic carbocycles. The zero-order valence-electron chi connectivity index (χ0n) is 18.7. The van der Waals surface area contributed by atoms with Gasteiger partial charge in [-0.25, -0.2) is 0 Å². The number of fused-ring (bicyclic) bond motifs is 1. The lowest BCUT2D eigenvalue weighted by molar-refractivity contribution is -0.139. The van der Waals surface area contributed by atoms with Gasteiger partial charge in [0.15, 0.2) is 5.60 Å². The number of likely N-dealkylation sites (tertiary alicyclic amines) is 1. The van der Waals surface area contributed by atoms with Crippen molar-refractivity contribution in [2.75, 3.05) is 18.1 Å². The molecular weight excluding hydrogens is 531 g/mol. The number of rotatable bonds is 7. The minimum atomic E-state index is -1.69. The van der Waals surface area contributed by atoms with Gasteiger partial charge in [-0.05, 0) is 59.2 Å². The van der Waals surface area contributed by atoms with E-state index in [0.717, 1.165) is 22.0 Å². The maximum atomic E-state index is 13.5. The molecule has 6 nitrogen and oxygen atoms in total. The summed E-state index contributed by atoms with van der Waals surface area (Å²) in [5.74, 6) is -0.918. The number of carbonyl (C=O) groups excluding carboxylic acids is 2. The Balaban J connectivity index is 1.52. The molecule has 2 aromatic rings. The quantitative estimate of drug-likeness (QED) is 0.401. The summed E-state index contributed by atoms with van der Waals surface area (Å²) in [6.07, 6.45) is 5.39. The summed E-state index contributed by atoms with van der Waals surface area (Å²) in [6.45, 7) is 2.82. The van der Waals surface area contributed by atoms with Crippen LogP contribution >= 0.6 is 22.6 Å². The molecule has 3 atom stereocenters. The van der Waals surface area contributed by atoms with E-state index >= 15 is 0 Å². The third-order valence-corrected chi connectivity index (χ3v) is 7.43. The largest absolute Gasteiger partial charge is 0.394 e. The minimum absolute atomic E-state index is 0.0205. The summed E-state index contributed by atoms with van der Waals surface area (Å²) in [5.41, 5.74) is 0.591. The van der Waals surface area contributed by atoms with Crippen molar-refractivity contribution >= 4 is 40.1 Å². The summed E-state index contributed by atoms with van der Waals surface area (Å²) in [5, 5.41) is 21.1. The molecule has 2 aliphatic heterocycles. The second kappa shape index (κ2) is 9.95. The monoisotopic (exact) mass is 560 g/mol. The first-order valence-electron chi connectivity index (χ1n) is 11.3. The molecule has 0 unspecified atom stereocenters. The predicted molar refractivity (Wildman–Crippen MR) is 135 cm³/mol. The second-order valence-electron chi connectivity index (χ2n) is 8.79. The number of halogens is 1. The maximum absolute atomic E-state index is 13.5. The number of hydrogen-bond acceptors (Lipinski definition) is 4. The topological polar surface area (TPSA) is 81.1 Å². The van der Waals surface area contributed by atoms with Gasteiger partial charge in [-0.1, -0.05) is 49.4 Å². The summed E-state index contributed by atoms with van der Waals surface area (Å²) in [6, 6.07) is 15.2. The van der Waals surface area contributed by atoms with Gasteiger partial charge in [-0.2, -0.15) is 0 Å². The molecule has 0 saturated carbocycles. The van der Waals surface area contributed by atoms with Crippen molar-refractivity contribution in [3.8, 4) is 0 Å². The van der Waals surface area contributed by atoms with Crippen LogP contribution < -0.4 is 4.90 Å². The van der Waals surface area contributed by atoms with Crippen LogP contribution in [-0.4, -0.2) is 46.1 Å². The highest BCUT2D eigenvalue weighted by molar-refractivity contribution is 14.1. The van der Waals surface area contributed by atoms with E-state index in [1.54, 1.807) is 34.9 Å². The van der Waals surface area contributed by atoms with Crippen molar-refractivity contribution in [3.63, 3.8) is 0 Å². The Hall–Kier alpha value is -2.23. The van der Waals surface area contributed by atoms with Gasteiger partial charge in [0, 0.05) is 28.0 Å². The Bertz CT molecular complexity index is 1050. The Morgan fingerprint density at radius 3 is 2.70 bits per heavy atom. The predicted octanol–water partition coefficient (Wildman–Crippen LogP) is 3.59. The van der Waals surface area contributed by atoms with Crippen molar-refractivity contribution in [2.24, 2.45) is 5.92 Å². The lowest BCUT2D eigenvalue weighted by Gasteiger charge is -2.28. The molecule has 1 fully saturated rings. The number of para-hydroxylation sites is 1. The second-order valence-corrected chi connectivity index (χ2v) is 10.0. The van der Waals surface area contributed by atoms with Gasteiger partial charge >= 0.3 is 0 Å². The smallest absolute Gasteiger partial charge is 0.264 e. The van der Waals surface area contributed by atoms with Gasteiger partial charge in [0.2, 0.25) is 5.91 Å². The van der Waals surface area contributed by atoms with Crippen molar-refractivity contribution in [1.82, 2.24) is 4.90 Å². The average Bonchev–Trinajstić information content (AvgIpc) is 3.39. The number of benzene rings is 2. The maximum Gasteiger partial charge on any atom is 0.264 e. The Kier molecular flexibility index (Phi) is 7.21. The first-order valence-corrected chi connectivity index (χ1v) is 12.4. The summed E-state index contributed by atoms with van der Waals surface area (Å²) in [7, 11) is 0. The number of hydrogen-bond donors (Lipinski definition) is 2. The zero-order valence-corrected chi connectivity index (χ0v) is 20.8. The molecule has 0 spiro atoms. The standard InChI is InChI=1S/C26H29IN2O4/c1-18(6-4-10-24(31)28-15-5-7-21(28)17-30)26(33)22-8-2-3-9-23(22)29(25(26)32)16-19-11-13-20(27)14-12-19/h2-4,6,8-9,11-14,18,21,30,33H,5,7,10,15-17H2,1H3/b6-4+/t18-,21-,26+/m0/s1. The van der Waals surface area contributed by atoms with Crippen LogP contribution in [0.15, 0.2) is 60.7 Å². The SMILES string of the molecule is C[C@@H](/C=C/CC(=O)N1CCC[C@H]1CO)[C@]1(O)C(=O)N(Cc2ccc(I)cc2)c2ccccc21. The molecule has 2 N–H and O–H groups in total. The van der Waals surface area contributed by atoms with Gasteiger partial charge in [0.25, 0.3) is 5.91 Å². The fourth-order valence-corrected chi connectivity index (χ4v) is 5.17. The van der Waals surface area contributed by atoms with Crippen molar-refractivity contribution in [2.45, 2.75) is 44.4 Å². The molecule has 0 radical (unpaired) electrons. The lowest BCUT2D eigenvalue weighted by Crippen LogP contribution is -2.44. The van der Waals surface area contributed by atoms with Crippen LogP contribution in [0.5, 0.6) is 0 Å². The summed E-state index contributed by atoms with van der Waals surface area (Å²) < 4.78 is 1.12. The average molecular weight is 560 g/mol. The van der Waals surface area contributed by atoms with Crippen molar-refractivity contribution in [1.29, 1.82) is 0 Å². The number of carbonyl (C=O) groups is 2. The van der Waals surface area contributed by atoms with E-state index in [1.807, 2.05) is 42.5 Å². The third-order valence-electron chi connectivity index (χ3n) is 6.72. The Morgan fingerprint density at radius 1 is 1.24 bits per heavy atom. The van der Waals surface area contributed by atoms with Crippen LogP contribution in [-0.2, 0) is 21.7 Å². The van der Waals surface area contributed by atoms with Gasteiger partial charge in [0.05, 0.1) is 24.9 Å².